The van der Waals surface area contributed by atoms with Gasteiger partial charge >= 0.3 is 5.97 Å². The van der Waals surface area contributed by atoms with Gasteiger partial charge in [-0.15, -0.1) is 0 Å². The van der Waals surface area contributed by atoms with Gasteiger partial charge in [0.15, 0.2) is 0 Å². The Morgan fingerprint density at radius 2 is 1.48 bits per heavy atom. The summed E-state index contributed by atoms with van der Waals surface area (Å²) in [5.41, 5.74) is 1.10. The summed E-state index contributed by atoms with van der Waals surface area (Å²) in [5.74, 6) is -0.171. The highest BCUT2D eigenvalue weighted by Gasteiger charge is 2.37. The summed E-state index contributed by atoms with van der Waals surface area (Å²) in [6.45, 7) is 1.93. The number of hydrogen-bond donors (Lipinski definition) is 0. The number of ether oxygens (including phenoxy) is 2. The first kappa shape index (κ1) is 18.4. The van der Waals surface area contributed by atoms with E-state index >= 15 is 0 Å². The summed E-state index contributed by atoms with van der Waals surface area (Å²) < 4.78 is 10.7. The van der Waals surface area contributed by atoms with Crippen molar-refractivity contribution >= 4 is 23.5 Å². The summed E-state index contributed by atoms with van der Waals surface area (Å²) in [7, 11) is 0. The fourth-order valence-corrected chi connectivity index (χ4v) is 3.10. The third-order valence-electron chi connectivity index (χ3n) is 4.47. The number of anilines is 1. The van der Waals surface area contributed by atoms with Gasteiger partial charge in [-0.05, 0) is 61.5 Å². The molecule has 0 saturated carbocycles. The third kappa shape index (κ3) is 3.48. The summed E-state index contributed by atoms with van der Waals surface area (Å²) in [6.07, 6.45) is 0. The number of rotatable bonds is 5. The van der Waals surface area contributed by atoms with Crippen molar-refractivity contribution < 1.29 is 23.9 Å². The fraction of sp³-hybridized carbons (Fsp3) is 0.0870. The molecule has 6 heteroatoms. The van der Waals surface area contributed by atoms with Crippen LogP contribution in [0.5, 0.6) is 11.5 Å². The van der Waals surface area contributed by atoms with Gasteiger partial charge in [0.1, 0.15) is 11.5 Å². The topological polar surface area (TPSA) is 72.9 Å². The van der Waals surface area contributed by atoms with E-state index in [4.69, 9.17) is 9.47 Å². The highest BCUT2D eigenvalue weighted by Crippen LogP contribution is 2.31. The van der Waals surface area contributed by atoms with Gasteiger partial charge in [0.25, 0.3) is 11.8 Å². The van der Waals surface area contributed by atoms with Crippen molar-refractivity contribution in [3.63, 3.8) is 0 Å². The van der Waals surface area contributed by atoms with Crippen LogP contribution in [0.4, 0.5) is 5.69 Å². The predicted octanol–water partition coefficient (Wildman–Crippen LogP) is 4.46. The molecule has 29 heavy (non-hydrogen) atoms. The molecule has 0 bridgehead atoms. The number of amides is 2. The van der Waals surface area contributed by atoms with Gasteiger partial charge in [-0.1, -0.05) is 18.2 Å². The average Bonchev–Trinajstić information content (AvgIpc) is 2.99. The quantitative estimate of drug-likeness (QED) is 0.477. The van der Waals surface area contributed by atoms with Gasteiger partial charge in [0.05, 0.1) is 29.0 Å². The Kier molecular flexibility index (Phi) is 4.83. The first-order valence-electron chi connectivity index (χ1n) is 9.11. The van der Waals surface area contributed by atoms with Crippen LogP contribution in [0.15, 0.2) is 72.8 Å². The lowest BCUT2D eigenvalue weighted by Gasteiger charge is -2.14. The number of fused-ring (bicyclic) bond motifs is 1. The second-order valence-electron chi connectivity index (χ2n) is 6.34. The van der Waals surface area contributed by atoms with Gasteiger partial charge in [-0.3, -0.25) is 9.59 Å². The van der Waals surface area contributed by atoms with Crippen LogP contribution < -0.4 is 9.64 Å². The lowest BCUT2D eigenvalue weighted by Crippen LogP contribution is -2.29. The summed E-state index contributed by atoms with van der Waals surface area (Å²) in [5, 5.41) is 0. The molecule has 0 unspecified atom stereocenters. The van der Waals surface area contributed by atoms with Crippen molar-refractivity contribution in [1.82, 2.24) is 0 Å². The van der Waals surface area contributed by atoms with Gasteiger partial charge in [-0.25, -0.2) is 9.69 Å². The van der Waals surface area contributed by atoms with Crippen LogP contribution in [-0.4, -0.2) is 24.4 Å². The molecule has 0 fully saturated rings. The van der Waals surface area contributed by atoms with Crippen molar-refractivity contribution in [3.8, 4) is 11.5 Å². The highest BCUT2D eigenvalue weighted by molar-refractivity contribution is 6.34. The van der Waals surface area contributed by atoms with Crippen LogP contribution in [0.2, 0.25) is 0 Å². The molecule has 1 aliphatic rings. The Labute approximate surface area is 167 Å². The predicted molar refractivity (Wildman–Crippen MR) is 106 cm³/mol. The zero-order chi connectivity index (χ0) is 20.4. The maximum absolute atomic E-state index is 12.8. The van der Waals surface area contributed by atoms with E-state index in [2.05, 4.69) is 0 Å². The zero-order valence-corrected chi connectivity index (χ0v) is 15.6. The van der Waals surface area contributed by atoms with Crippen LogP contribution in [0, 0.1) is 0 Å². The smallest absolute Gasteiger partial charge is 0.338 e. The second-order valence-corrected chi connectivity index (χ2v) is 6.34. The lowest BCUT2D eigenvalue weighted by atomic mass is 10.1. The third-order valence-corrected chi connectivity index (χ3v) is 4.47. The lowest BCUT2D eigenvalue weighted by molar-refractivity contribution is 0.0526. The maximum Gasteiger partial charge on any atom is 0.338 e. The van der Waals surface area contributed by atoms with E-state index in [-0.39, 0.29) is 23.3 Å². The molecule has 4 rings (SSSR count). The number of hydrogen-bond acceptors (Lipinski definition) is 5. The number of nitrogens with zero attached hydrogens (tertiary/aromatic N) is 1. The molecule has 0 saturated heterocycles. The molecule has 3 aromatic carbocycles. The Balaban J connectivity index is 1.58. The number of imide groups is 1. The van der Waals surface area contributed by atoms with Gasteiger partial charge < -0.3 is 9.47 Å². The van der Waals surface area contributed by atoms with Crippen molar-refractivity contribution in [3.05, 3.63) is 89.5 Å². The molecule has 1 aliphatic heterocycles. The SMILES string of the molecule is CCOC(=O)c1ccc2c(c1)C(=O)N(c1ccc(Oc3ccccc3)cc1)C2=O. The average molecular weight is 387 g/mol. The maximum atomic E-state index is 12.8. The number of para-hydroxylation sites is 1. The van der Waals surface area contributed by atoms with E-state index in [0.717, 1.165) is 4.90 Å². The largest absolute Gasteiger partial charge is 0.462 e. The molecule has 144 valence electrons. The van der Waals surface area contributed by atoms with E-state index in [9.17, 15) is 14.4 Å². The van der Waals surface area contributed by atoms with E-state index in [1.165, 1.54) is 18.2 Å². The number of carbonyl (C=O) groups is 3. The van der Waals surface area contributed by atoms with Crippen LogP contribution in [0.1, 0.15) is 38.0 Å². The van der Waals surface area contributed by atoms with Gasteiger partial charge in [-0.2, -0.15) is 0 Å². The van der Waals surface area contributed by atoms with E-state index in [1.807, 2.05) is 30.3 Å². The van der Waals surface area contributed by atoms with Crippen molar-refractivity contribution in [2.75, 3.05) is 11.5 Å². The van der Waals surface area contributed by atoms with Crippen LogP contribution >= 0.6 is 0 Å². The second kappa shape index (κ2) is 7.59. The molecule has 0 spiro atoms. The Morgan fingerprint density at radius 3 is 2.17 bits per heavy atom. The monoisotopic (exact) mass is 387 g/mol. The van der Waals surface area contributed by atoms with Crippen LogP contribution in [0.25, 0.3) is 0 Å². The van der Waals surface area contributed by atoms with Crippen molar-refractivity contribution in [2.45, 2.75) is 6.92 Å². The molecule has 1 heterocycles. The fourth-order valence-electron chi connectivity index (χ4n) is 3.10. The molecule has 2 amide bonds. The standard InChI is InChI=1S/C23H17NO5/c1-2-28-23(27)15-8-13-19-20(14-15)22(26)24(21(19)25)16-9-11-18(12-10-16)29-17-6-4-3-5-7-17/h3-14H,2H2,1H3. The minimum Gasteiger partial charge on any atom is -0.462 e. The van der Waals surface area contributed by atoms with Crippen LogP contribution in [-0.2, 0) is 4.74 Å². The van der Waals surface area contributed by atoms with E-state index in [1.54, 1.807) is 31.2 Å². The van der Waals surface area contributed by atoms with Gasteiger partial charge in [0.2, 0.25) is 0 Å². The first-order valence-corrected chi connectivity index (χ1v) is 9.11. The van der Waals surface area contributed by atoms with Crippen molar-refractivity contribution in [1.29, 1.82) is 0 Å². The Bertz CT molecular complexity index is 1090. The normalized spacial score (nSPS) is 12.7. The van der Waals surface area contributed by atoms with E-state index in [0.29, 0.717) is 17.2 Å². The molecular formula is C23H17NO5. The van der Waals surface area contributed by atoms with E-state index < -0.39 is 17.8 Å². The zero-order valence-electron chi connectivity index (χ0n) is 15.6. The molecule has 0 N–H and O–H groups in total. The van der Waals surface area contributed by atoms with Crippen molar-refractivity contribution in [2.24, 2.45) is 0 Å². The minimum atomic E-state index is -0.531. The Hall–Kier alpha value is -3.93. The molecule has 0 aromatic heterocycles. The first-order chi connectivity index (χ1) is 14.1. The minimum absolute atomic E-state index is 0.185. The molecule has 0 radical (unpaired) electrons. The van der Waals surface area contributed by atoms with Gasteiger partial charge in [0, 0.05) is 0 Å². The number of esters is 1. The molecule has 6 nitrogen and oxygen atoms in total. The van der Waals surface area contributed by atoms with Crippen LogP contribution in [0.3, 0.4) is 0 Å². The summed E-state index contributed by atoms with van der Waals surface area (Å²) >= 11 is 0. The summed E-state index contributed by atoms with van der Waals surface area (Å²) in [4.78, 5) is 38.6. The Morgan fingerprint density at radius 1 is 0.828 bits per heavy atom. The molecule has 3 aromatic rings. The highest BCUT2D eigenvalue weighted by atomic mass is 16.5. The molecule has 0 atom stereocenters. The number of benzene rings is 3. The molecular weight excluding hydrogens is 370 g/mol. The number of carbonyl (C=O) groups excluding carboxylic acids is 3. The molecule has 0 aliphatic carbocycles. The summed E-state index contributed by atoms with van der Waals surface area (Å²) in [6, 6.07) is 20.3.